The number of hydrogen-bond acceptors (Lipinski definition) is 2. The fraction of sp³-hybridized carbons (Fsp3) is 0.409. The molecule has 0 N–H and O–H groups in total. The van der Waals surface area contributed by atoms with Crippen molar-refractivity contribution in [3.8, 4) is 0 Å². The first kappa shape index (κ1) is 18.0. The van der Waals surface area contributed by atoms with Crippen LogP contribution in [0.3, 0.4) is 0 Å². The second-order valence-corrected chi connectivity index (χ2v) is 9.29. The molecule has 1 fully saturated rings. The Morgan fingerprint density at radius 3 is 2.12 bits per heavy atom. The smallest absolute Gasteiger partial charge is 0.180 e. The van der Waals surface area contributed by atoms with Gasteiger partial charge in [0, 0.05) is 11.7 Å². The van der Waals surface area contributed by atoms with Crippen LogP contribution in [0.5, 0.6) is 0 Å². The normalized spacial score (nSPS) is 16.7. The quantitative estimate of drug-likeness (QED) is 0.478. The van der Waals surface area contributed by atoms with Crippen molar-refractivity contribution in [1.29, 1.82) is 0 Å². The van der Waals surface area contributed by atoms with Gasteiger partial charge in [-0.05, 0) is 50.3 Å². The van der Waals surface area contributed by atoms with Gasteiger partial charge in [-0.2, -0.15) is 0 Å². The standard InChI is InChI=1S/C22H26O2P/c1-16-13-17(2)20(18(3)14-16)21(23)22(11-7-8-12-22)25(24)15-19-9-5-4-6-10-19/h4-6,9-10,13-14H,7-8,11-12,15H2,1-3H3. The molecule has 1 radical (unpaired) electrons. The molecule has 1 saturated carbocycles. The molecular weight excluding hydrogens is 327 g/mol. The highest BCUT2D eigenvalue weighted by atomic mass is 31.1. The Bertz CT molecular complexity index is 779. The summed E-state index contributed by atoms with van der Waals surface area (Å²) in [5.74, 6) is 0.108. The maximum absolute atomic E-state index is 13.6. The molecule has 3 heteroatoms. The van der Waals surface area contributed by atoms with E-state index in [1.54, 1.807) is 0 Å². The van der Waals surface area contributed by atoms with E-state index in [-0.39, 0.29) is 5.78 Å². The van der Waals surface area contributed by atoms with E-state index in [1.807, 2.05) is 44.2 Å². The minimum Gasteiger partial charge on any atom is -0.293 e. The summed E-state index contributed by atoms with van der Waals surface area (Å²) < 4.78 is 13.4. The second kappa shape index (κ2) is 7.22. The molecular formula is C22H26O2P. The largest absolute Gasteiger partial charge is 0.293 e. The minimum atomic E-state index is -1.64. The first-order valence-corrected chi connectivity index (χ1v) is 10.5. The lowest BCUT2D eigenvalue weighted by Gasteiger charge is -2.28. The summed E-state index contributed by atoms with van der Waals surface area (Å²) in [7, 11) is -1.64. The van der Waals surface area contributed by atoms with Crippen molar-refractivity contribution in [1.82, 2.24) is 0 Å². The third-order valence-electron chi connectivity index (χ3n) is 5.40. The lowest BCUT2D eigenvalue weighted by atomic mass is 9.88. The van der Waals surface area contributed by atoms with Crippen molar-refractivity contribution in [3.63, 3.8) is 0 Å². The predicted octanol–water partition coefficient (Wildman–Crippen LogP) is 6.13. The Labute approximate surface area is 151 Å². The van der Waals surface area contributed by atoms with Crippen LogP contribution < -0.4 is 0 Å². The molecule has 0 saturated heterocycles. The summed E-state index contributed by atoms with van der Waals surface area (Å²) in [5.41, 5.74) is 5.04. The lowest BCUT2D eigenvalue weighted by molar-refractivity contribution is 0.0939. The zero-order chi connectivity index (χ0) is 18.0. The van der Waals surface area contributed by atoms with Crippen LogP contribution in [-0.4, -0.2) is 10.9 Å². The number of aryl methyl sites for hydroxylation is 3. The van der Waals surface area contributed by atoms with Gasteiger partial charge in [0.05, 0.1) is 7.80 Å². The summed E-state index contributed by atoms with van der Waals surface area (Å²) in [6.07, 6.45) is 3.98. The number of carbonyl (C=O) groups excluding carboxylic acids is 1. The lowest BCUT2D eigenvalue weighted by Crippen LogP contribution is -2.33. The van der Waals surface area contributed by atoms with Crippen LogP contribution in [0.25, 0.3) is 0 Å². The van der Waals surface area contributed by atoms with Crippen LogP contribution in [0.2, 0.25) is 0 Å². The van der Waals surface area contributed by atoms with Crippen LogP contribution in [-0.2, 0) is 10.7 Å². The Kier molecular flexibility index (Phi) is 5.20. The summed E-state index contributed by atoms with van der Waals surface area (Å²) >= 11 is 0. The van der Waals surface area contributed by atoms with Crippen molar-refractivity contribution in [2.75, 3.05) is 0 Å². The highest BCUT2D eigenvalue weighted by Gasteiger charge is 2.47. The first-order chi connectivity index (χ1) is 11.9. The second-order valence-electron chi connectivity index (χ2n) is 7.36. The van der Waals surface area contributed by atoms with Gasteiger partial charge in [-0.1, -0.05) is 60.9 Å². The molecule has 2 aromatic rings. The van der Waals surface area contributed by atoms with Gasteiger partial charge in [0.1, 0.15) is 5.16 Å². The maximum atomic E-state index is 13.6. The van der Waals surface area contributed by atoms with E-state index in [0.29, 0.717) is 6.16 Å². The number of carbonyl (C=O) groups is 1. The monoisotopic (exact) mass is 353 g/mol. The molecule has 0 spiro atoms. The Morgan fingerprint density at radius 2 is 1.56 bits per heavy atom. The third kappa shape index (κ3) is 3.46. The van der Waals surface area contributed by atoms with E-state index >= 15 is 0 Å². The van der Waals surface area contributed by atoms with Crippen molar-refractivity contribution in [2.45, 2.75) is 57.8 Å². The fourth-order valence-electron chi connectivity index (χ4n) is 4.22. The highest BCUT2D eigenvalue weighted by molar-refractivity contribution is 7.47. The van der Waals surface area contributed by atoms with Crippen molar-refractivity contribution >= 4 is 13.6 Å². The average Bonchev–Trinajstić information content (AvgIpc) is 3.05. The fourth-order valence-corrected chi connectivity index (χ4v) is 6.22. The zero-order valence-electron chi connectivity index (χ0n) is 15.3. The maximum Gasteiger partial charge on any atom is 0.180 e. The molecule has 0 heterocycles. The van der Waals surface area contributed by atoms with Gasteiger partial charge in [-0.15, -0.1) is 0 Å². The van der Waals surface area contributed by atoms with Crippen molar-refractivity contribution in [2.24, 2.45) is 0 Å². The summed E-state index contributed by atoms with van der Waals surface area (Å²) in [6, 6.07) is 14.0. The number of hydrogen-bond donors (Lipinski definition) is 0. The molecule has 0 aliphatic heterocycles. The van der Waals surface area contributed by atoms with Crippen LogP contribution in [0.15, 0.2) is 42.5 Å². The molecule has 1 atom stereocenters. The van der Waals surface area contributed by atoms with E-state index in [9.17, 15) is 9.36 Å². The topological polar surface area (TPSA) is 34.1 Å². The van der Waals surface area contributed by atoms with Gasteiger partial charge < -0.3 is 0 Å². The van der Waals surface area contributed by atoms with Crippen LogP contribution in [0, 0.1) is 20.8 Å². The van der Waals surface area contributed by atoms with Crippen molar-refractivity contribution < 1.29 is 9.36 Å². The predicted molar refractivity (Wildman–Crippen MR) is 104 cm³/mol. The molecule has 0 bridgehead atoms. The molecule has 1 aliphatic carbocycles. The zero-order valence-corrected chi connectivity index (χ0v) is 16.2. The van der Waals surface area contributed by atoms with E-state index in [2.05, 4.69) is 19.1 Å². The van der Waals surface area contributed by atoms with E-state index in [4.69, 9.17) is 0 Å². The van der Waals surface area contributed by atoms with Crippen LogP contribution in [0.4, 0.5) is 0 Å². The van der Waals surface area contributed by atoms with E-state index < -0.39 is 13.0 Å². The molecule has 2 aromatic carbocycles. The van der Waals surface area contributed by atoms with Crippen molar-refractivity contribution in [3.05, 3.63) is 70.3 Å². The van der Waals surface area contributed by atoms with Crippen LogP contribution in [0.1, 0.15) is 58.3 Å². The average molecular weight is 353 g/mol. The summed E-state index contributed by atoms with van der Waals surface area (Å²) in [5, 5.41) is -0.685. The number of rotatable bonds is 5. The summed E-state index contributed by atoms with van der Waals surface area (Å²) in [6.45, 7) is 6.05. The first-order valence-electron chi connectivity index (χ1n) is 9.05. The highest BCUT2D eigenvalue weighted by Crippen LogP contribution is 2.54. The molecule has 1 unspecified atom stereocenters. The van der Waals surface area contributed by atoms with E-state index in [1.165, 1.54) is 5.56 Å². The van der Waals surface area contributed by atoms with Gasteiger partial charge in [0.25, 0.3) is 0 Å². The van der Waals surface area contributed by atoms with Gasteiger partial charge in [-0.3, -0.25) is 9.36 Å². The van der Waals surface area contributed by atoms with Gasteiger partial charge >= 0.3 is 0 Å². The Hall–Kier alpha value is -1.79. The molecule has 131 valence electrons. The number of Topliss-reactive ketones (excluding diaryl/α,β-unsaturated/α-hetero) is 1. The Balaban J connectivity index is 1.98. The molecule has 0 aromatic heterocycles. The summed E-state index contributed by atoms with van der Waals surface area (Å²) in [4.78, 5) is 13.6. The minimum absolute atomic E-state index is 0.108. The molecule has 1 aliphatic rings. The van der Waals surface area contributed by atoms with Gasteiger partial charge in [0.2, 0.25) is 0 Å². The molecule has 2 nitrogen and oxygen atoms in total. The Morgan fingerprint density at radius 1 is 1.00 bits per heavy atom. The van der Waals surface area contributed by atoms with E-state index in [0.717, 1.165) is 47.9 Å². The van der Waals surface area contributed by atoms with Gasteiger partial charge in [0.15, 0.2) is 5.78 Å². The number of benzene rings is 2. The molecule has 25 heavy (non-hydrogen) atoms. The number of ketones is 1. The SMILES string of the molecule is Cc1cc(C)c(C(=O)C2([P](=O)Cc3ccccc3)CCCC2)c(C)c1. The molecule has 3 rings (SSSR count). The third-order valence-corrected chi connectivity index (χ3v) is 7.66. The molecule has 0 amide bonds. The van der Waals surface area contributed by atoms with Crippen LogP contribution >= 0.6 is 7.80 Å². The van der Waals surface area contributed by atoms with Gasteiger partial charge in [-0.25, -0.2) is 0 Å².